The molecule has 0 atom stereocenters. The minimum Gasteiger partial charge on any atom is -0.490 e. The maximum absolute atomic E-state index is 11.6. The molecule has 2 aromatic carbocycles. The van der Waals surface area contributed by atoms with Gasteiger partial charge in [-0.25, -0.2) is 0 Å². The molecule has 0 radical (unpaired) electrons. The highest BCUT2D eigenvalue weighted by molar-refractivity contribution is 5.72. The molecule has 3 heteroatoms. The van der Waals surface area contributed by atoms with Crippen LogP contribution < -0.4 is 4.74 Å². The van der Waals surface area contributed by atoms with Gasteiger partial charge in [0, 0.05) is 0 Å². The largest absolute Gasteiger partial charge is 0.490 e. The van der Waals surface area contributed by atoms with Crippen molar-refractivity contribution < 1.29 is 14.3 Å². The number of ether oxygens (including phenoxy) is 2. The number of hydrogen-bond donors (Lipinski definition) is 0. The molecule has 104 valence electrons. The Kier molecular flexibility index (Phi) is 5.18. The average molecular weight is 270 g/mol. The Morgan fingerprint density at radius 3 is 2.55 bits per heavy atom. The number of benzene rings is 2. The molecule has 0 aliphatic heterocycles. The Hall–Kier alpha value is -2.29. The fraction of sp³-hybridized carbons (Fsp3) is 0.235. The minimum atomic E-state index is -0.232. The molecule has 0 bridgehead atoms. The molecule has 0 spiro atoms. The van der Waals surface area contributed by atoms with Crippen LogP contribution in [0.15, 0.2) is 54.6 Å². The lowest BCUT2D eigenvalue weighted by Crippen LogP contribution is -2.14. The lowest BCUT2D eigenvalue weighted by Gasteiger charge is -2.08. The summed E-state index contributed by atoms with van der Waals surface area (Å²) in [5, 5.41) is 0. The highest BCUT2D eigenvalue weighted by atomic mass is 16.6. The fourth-order valence-corrected chi connectivity index (χ4v) is 1.83. The van der Waals surface area contributed by atoms with Crippen molar-refractivity contribution in [1.29, 1.82) is 0 Å². The Morgan fingerprint density at radius 1 is 1.00 bits per heavy atom. The number of aryl methyl sites for hydroxylation is 1. The van der Waals surface area contributed by atoms with E-state index in [0.717, 1.165) is 16.9 Å². The molecule has 3 nitrogen and oxygen atoms in total. The van der Waals surface area contributed by atoms with E-state index < -0.39 is 0 Å². The van der Waals surface area contributed by atoms with Gasteiger partial charge in [0.15, 0.2) is 0 Å². The van der Waals surface area contributed by atoms with Gasteiger partial charge in [-0.2, -0.15) is 0 Å². The summed E-state index contributed by atoms with van der Waals surface area (Å²) in [4.78, 5) is 11.6. The summed E-state index contributed by atoms with van der Waals surface area (Å²) < 4.78 is 10.6. The van der Waals surface area contributed by atoms with Crippen molar-refractivity contribution in [2.24, 2.45) is 0 Å². The number of carbonyl (C=O) groups is 1. The van der Waals surface area contributed by atoms with Crippen molar-refractivity contribution in [3.63, 3.8) is 0 Å². The van der Waals surface area contributed by atoms with E-state index in [1.165, 1.54) is 0 Å². The van der Waals surface area contributed by atoms with Gasteiger partial charge >= 0.3 is 5.97 Å². The lowest BCUT2D eigenvalue weighted by molar-refractivity contribution is -0.143. The number of carbonyl (C=O) groups excluding carboxylic acids is 1. The molecule has 0 saturated carbocycles. The maximum atomic E-state index is 11.6. The average Bonchev–Trinajstić information content (AvgIpc) is 2.45. The van der Waals surface area contributed by atoms with E-state index in [9.17, 15) is 4.79 Å². The molecule has 0 amide bonds. The van der Waals surface area contributed by atoms with Crippen LogP contribution in [0.5, 0.6) is 5.75 Å². The van der Waals surface area contributed by atoms with Crippen LogP contribution >= 0.6 is 0 Å². The first-order valence-electron chi connectivity index (χ1n) is 6.63. The van der Waals surface area contributed by atoms with Gasteiger partial charge in [0.05, 0.1) is 6.42 Å². The van der Waals surface area contributed by atoms with E-state index in [-0.39, 0.29) is 12.6 Å². The maximum Gasteiger partial charge on any atom is 0.310 e. The summed E-state index contributed by atoms with van der Waals surface area (Å²) in [6, 6.07) is 17.3. The zero-order chi connectivity index (χ0) is 14.2. The van der Waals surface area contributed by atoms with Gasteiger partial charge in [-0.1, -0.05) is 42.5 Å². The first-order valence-corrected chi connectivity index (χ1v) is 6.63. The third kappa shape index (κ3) is 4.76. The number of hydrogen-bond acceptors (Lipinski definition) is 3. The van der Waals surface area contributed by atoms with Crippen molar-refractivity contribution in [1.82, 2.24) is 0 Å². The second-order valence-corrected chi connectivity index (χ2v) is 4.55. The molecule has 0 unspecified atom stereocenters. The van der Waals surface area contributed by atoms with Gasteiger partial charge in [-0.05, 0) is 30.2 Å². The standard InChI is InChI=1S/C17H18O3/c1-14-6-5-9-16(12-14)19-10-11-20-17(18)13-15-7-3-2-4-8-15/h2-9,12H,10-11,13H2,1H3. The molecule has 0 fully saturated rings. The van der Waals surface area contributed by atoms with Crippen LogP contribution in [0, 0.1) is 6.92 Å². The fourth-order valence-electron chi connectivity index (χ4n) is 1.83. The highest BCUT2D eigenvalue weighted by Crippen LogP contribution is 2.11. The molecular weight excluding hydrogens is 252 g/mol. The van der Waals surface area contributed by atoms with Crippen molar-refractivity contribution in [3.05, 3.63) is 65.7 Å². The van der Waals surface area contributed by atoms with Gasteiger partial charge < -0.3 is 9.47 Å². The zero-order valence-corrected chi connectivity index (χ0v) is 11.5. The topological polar surface area (TPSA) is 35.5 Å². The van der Waals surface area contributed by atoms with E-state index in [0.29, 0.717) is 13.0 Å². The number of rotatable bonds is 6. The van der Waals surface area contributed by atoms with Gasteiger partial charge in [0.2, 0.25) is 0 Å². The van der Waals surface area contributed by atoms with Crippen LogP contribution in [0.25, 0.3) is 0 Å². The molecule has 0 saturated heterocycles. The molecule has 2 rings (SSSR count). The molecule has 2 aromatic rings. The van der Waals surface area contributed by atoms with E-state index >= 15 is 0 Å². The van der Waals surface area contributed by atoms with E-state index in [2.05, 4.69) is 0 Å². The van der Waals surface area contributed by atoms with Crippen LogP contribution in [-0.2, 0) is 16.0 Å². The van der Waals surface area contributed by atoms with Gasteiger partial charge in [0.25, 0.3) is 0 Å². The van der Waals surface area contributed by atoms with Crippen LogP contribution in [-0.4, -0.2) is 19.2 Å². The van der Waals surface area contributed by atoms with E-state index in [1.54, 1.807) is 0 Å². The van der Waals surface area contributed by atoms with Gasteiger partial charge in [-0.3, -0.25) is 4.79 Å². The van der Waals surface area contributed by atoms with Crippen molar-refractivity contribution in [2.45, 2.75) is 13.3 Å². The summed E-state index contributed by atoms with van der Waals surface area (Å²) in [7, 11) is 0. The van der Waals surface area contributed by atoms with Crippen LogP contribution in [0.1, 0.15) is 11.1 Å². The quantitative estimate of drug-likeness (QED) is 0.597. The molecule has 0 aromatic heterocycles. The monoisotopic (exact) mass is 270 g/mol. The molecule has 0 N–H and O–H groups in total. The minimum absolute atomic E-state index is 0.232. The van der Waals surface area contributed by atoms with Crippen LogP contribution in [0.4, 0.5) is 0 Å². The number of esters is 1. The Labute approximate surface area is 119 Å². The van der Waals surface area contributed by atoms with Gasteiger partial charge in [-0.15, -0.1) is 0 Å². The summed E-state index contributed by atoms with van der Waals surface area (Å²) in [5.41, 5.74) is 2.10. The SMILES string of the molecule is Cc1cccc(OCCOC(=O)Cc2ccccc2)c1. The molecule has 0 heterocycles. The van der Waals surface area contributed by atoms with Crippen molar-refractivity contribution in [3.8, 4) is 5.75 Å². The normalized spacial score (nSPS) is 10.1. The molecule has 0 aliphatic rings. The summed E-state index contributed by atoms with van der Waals surface area (Å²) >= 11 is 0. The zero-order valence-electron chi connectivity index (χ0n) is 11.5. The smallest absolute Gasteiger partial charge is 0.310 e. The molecular formula is C17H18O3. The summed E-state index contributed by atoms with van der Waals surface area (Å²) in [5.74, 6) is 0.563. The second kappa shape index (κ2) is 7.34. The molecule has 0 aliphatic carbocycles. The van der Waals surface area contributed by atoms with Crippen LogP contribution in [0.3, 0.4) is 0 Å². The van der Waals surface area contributed by atoms with Crippen molar-refractivity contribution in [2.75, 3.05) is 13.2 Å². The van der Waals surface area contributed by atoms with E-state index in [1.807, 2.05) is 61.5 Å². The Balaban J connectivity index is 1.67. The summed E-state index contributed by atoms with van der Waals surface area (Å²) in [6.07, 6.45) is 0.297. The first kappa shape index (κ1) is 14.1. The second-order valence-electron chi connectivity index (χ2n) is 4.55. The molecule has 20 heavy (non-hydrogen) atoms. The summed E-state index contributed by atoms with van der Waals surface area (Å²) in [6.45, 7) is 2.64. The van der Waals surface area contributed by atoms with E-state index in [4.69, 9.17) is 9.47 Å². The predicted molar refractivity (Wildman–Crippen MR) is 77.8 cm³/mol. The van der Waals surface area contributed by atoms with Gasteiger partial charge in [0.1, 0.15) is 19.0 Å². The Bertz CT molecular complexity index is 549. The third-order valence-corrected chi connectivity index (χ3v) is 2.80. The first-order chi connectivity index (χ1) is 9.74. The van der Waals surface area contributed by atoms with Crippen LogP contribution in [0.2, 0.25) is 0 Å². The highest BCUT2D eigenvalue weighted by Gasteiger charge is 2.04. The third-order valence-electron chi connectivity index (χ3n) is 2.80. The van der Waals surface area contributed by atoms with Crippen molar-refractivity contribution >= 4 is 5.97 Å². The Morgan fingerprint density at radius 2 is 1.80 bits per heavy atom. The lowest BCUT2D eigenvalue weighted by atomic mass is 10.2. The predicted octanol–water partition coefficient (Wildman–Crippen LogP) is 3.16.